The minimum absolute atomic E-state index is 0.130. The lowest BCUT2D eigenvalue weighted by Crippen LogP contribution is -2.64. The number of carbonyl (C=O) groups is 3. The minimum atomic E-state index is -2.42. The van der Waals surface area contributed by atoms with Crippen LogP contribution in [0.5, 0.6) is 0 Å². The van der Waals surface area contributed by atoms with E-state index in [0.717, 1.165) is 21.6 Å². The van der Waals surface area contributed by atoms with Gasteiger partial charge in [-0.25, -0.2) is 14.4 Å². The molecule has 7 aromatic rings. The van der Waals surface area contributed by atoms with Gasteiger partial charge in [0.25, 0.3) is 0 Å². The second kappa shape index (κ2) is 28.3. The number of hydrogen-bond donors (Lipinski definition) is 0. The Bertz CT molecular complexity index is 3030. The summed E-state index contributed by atoms with van der Waals surface area (Å²) >= 11 is 1.25. The molecule has 15 heteroatoms. The van der Waals surface area contributed by atoms with Gasteiger partial charge in [0.2, 0.25) is 0 Å². The molecule has 2 aliphatic rings. The normalized spacial score (nSPS) is 23.0. The van der Waals surface area contributed by atoms with Gasteiger partial charge in [-0.15, -0.1) is 0 Å². The van der Waals surface area contributed by atoms with Gasteiger partial charge in [0.15, 0.2) is 32.9 Å². The van der Waals surface area contributed by atoms with Crippen LogP contribution >= 0.6 is 11.8 Å². The fourth-order valence-electron chi connectivity index (χ4n) is 9.15. The van der Waals surface area contributed by atoms with E-state index >= 15 is 0 Å². The highest BCUT2D eigenvalue weighted by molar-refractivity contribution is 7.99. The molecule has 0 aromatic heterocycles. The Kier molecular flexibility index (Phi) is 20.6. The van der Waals surface area contributed by atoms with Crippen molar-refractivity contribution in [2.45, 2.75) is 124 Å². The maximum Gasteiger partial charge on any atom is 0.338 e. The molecule has 0 N–H and O–H groups in total. The Morgan fingerprint density at radius 3 is 1.23 bits per heavy atom. The van der Waals surface area contributed by atoms with Gasteiger partial charge in [-0.05, 0) is 83.4 Å². The first kappa shape index (κ1) is 58.9. The van der Waals surface area contributed by atoms with Gasteiger partial charge in [-0.2, -0.15) is 0 Å². The lowest BCUT2D eigenvalue weighted by atomic mass is 9.97. The van der Waals surface area contributed by atoms with Crippen LogP contribution in [0.15, 0.2) is 217 Å². The van der Waals surface area contributed by atoms with E-state index in [4.69, 9.17) is 47.1 Å². The van der Waals surface area contributed by atoms with Crippen LogP contribution in [0.3, 0.4) is 0 Å². The fraction of sp³-hybridized carbons (Fsp3) is 0.318. The van der Waals surface area contributed by atoms with Crippen molar-refractivity contribution < 1.29 is 61.4 Å². The molecule has 7 aromatic carbocycles. The summed E-state index contributed by atoms with van der Waals surface area (Å²) in [6.45, 7) is 11.3. The summed E-state index contributed by atoms with van der Waals surface area (Å²) in [4.78, 5) is 44.0. The minimum Gasteiger partial charge on any atom is -0.452 e. The molecule has 81 heavy (non-hydrogen) atoms. The van der Waals surface area contributed by atoms with E-state index in [2.05, 4.69) is 33.9 Å². The first-order valence-electron chi connectivity index (χ1n) is 27.3. The lowest BCUT2D eigenvalue weighted by molar-refractivity contribution is -0.333. The zero-order valence-electron chi connectivity index (χ0n) is 46.2. The van der Waals surface area contributed by atoms with Crippen LogP contribution in [0.1, 0.15) is 68.5 Å². The second-order valence-corrected chi connectivity index (χ2v) is 27.4. The number of esters is 3. The third kappa shape index (κ3) is 16.0. The second-order valence-electron chi connectivity index (χ2n) is 21.4. The van der Waals surface area contributed by atoms with E-state index in [1.165, 1.54) is 11.8 Å². The predicted molar refractivity (Wildman–Crippen MR) is 311 cm³/mol. The molecule has 0 aliphatic carbocycles. The Balaban J connectivity index is 1.13. The highest BCUT2D eigenvalue weighted by Crippen LogP contribution is 2.41. The summed E-state index contributed by atoms with van der Waals surface area (Å²) in [5, 5.41) is -0.144. The zero-order chi connectivity index (χ0) is 56.6. The number of benzene rings is 7. The highest BCUT2D eigenvalue weighted by atomic mass is 32.2. The standard InChI is InChI=1S/C66H70O13SSi/c1-66(2,3)81(4,5)74-45-54-55(70-41-46-27-13-6-14-28-46)57(71-42-47-29-15-7-16-30-47)59(72-43-48-31-17-8-18-32-48)64(75-54)73-44-53-56(77-61(67)49-33-19-9-20-34-49)58(78-62(68)50-35-21-10-22-36-50)60(79-63(69)51-37-23-11-24-38-51)65(76-53)80-52-39-25-12-26-40-52/h6-40,53-60,64-65H,41-45H2,1-5H3/t53-,54-,55+,56+,57+,58+,59-,60-,64-,65+/m1/s1. The van der Waals surface area contributed by atoms with E-state index in [1.54, 1.807) is 91.0 Å². The Morgan fingerprint density at radius 1 is 0.420 bits per heavy atom. The Labute approximate surface area is 480 Å². The van der Waals surface area contributed by atoms with Gasteiger partial charge in [0, 0.05) is 4.90 Å². The summed E-state index contributed by atoms with van der Waals surface area (Å²) in [7, 11) is -2.42. The Hall–Kier alpha value is -6.76. The first-order valence-corrected chi connectivity index (χ1v) is 31.1. The molecule has 0 spiro atoms. The van der Waals surface area contributed by atoms with E-state index in [9.17, 15) is 14.4 Å². The molecule has 2 fully saturated rings. The molecule has 0 saturated carbocycles. The van der Waals surface area contributed by atoms with Crippen LogP contribution in [0.4, 0.5) is 0 Å². The molecule has 0 amide bonds. The fourth-order valence-corrected chi connectivity index (χ4v) is 11.3. The van der Waals surface area contributed by atoms with Crippen molar-refractivity contribution in [2.24, 2.45) is 0 Å². The predicted octanol–water partition coefficient (Wildman–Crippen LogP) is 12.7. The van der Waals surface area contributed by atoms with Gasteiger partial charge in [0.05, 0.1) is 49.7 Å². The van der Waals surface area contributed by atoms with Crippen molar-refractivity contribution in [3.8, 4) is 0 Å². The number of ether oxygens (including phenoxy) is 9. The van der Waals surface area contributed by atoms with Gasteiger partial charge in [0.1, 0.15) is 36.0 Å². The SMILES string of the molecule is CC(C)(C)[Si](C)(C)OC[C@H]1O[C@@H](OC[C@H]2O[C@@H](Sc3ccccc3)[C@H](OC(=O)c3ccccc3)[C@@H](OC(=O)c3ccccc3)[C@H]2OC(=O)c2ccccc2)[C@H](OCc2ccccc2)[C@@H](OCc2ccccc2)[C@H]1OCc1ccccc1. The summed E-state index contributed by atoms with van der Waals surface area (Å²) in [6, 6.07) is 64.3. The maximum absolute atomic E-state index is 14.5. The summed E-state index contributed by atoms with van der Waals surface area (Å²) in [5.74, 6) is -2.20. The van der Waals surface area contributed by atoms with Crippen molar-refractivity contribution in [3.63, 3.8) is 0 Å². The van der Waals surface area contributed by atoms with Crippen LogP contribution in [0, 0.1) is 0 Å². The van der Waals surface area contributed by atoms with Gasteiger partial charge < -0.3 is 47.1 Å². The largest absolute Gasteiger partial charge is 0.452 e. The van der Waals surface area contributed by atoms with Gasteiger partial charge in [-0.1, -0.05) is 196 Å². The molecule has 9 rings (SSSR count). The van der Waals surface area contributed by atoms with E-state index in [-0.39, 0.29) is 54.8 Å². The number of rotatable bonds is 23. The third-order valence-electron chi connectivity index (χ3n) is 14.6. The third-order valence-corrected chi connectivity index (χ3v) is 20.3. The van der Waals surface area contributed by atoms with Crippen LogP contribution in [0.2, 0.25) is 18.1 Å². The van der Waals surface area contributed by atoms with Crippen molar-refractivity contribution >= 4 is 38.0 Å². The molecule has 0 bridgehead atoms. The number of carbonyl (C=O) groups excluding carboxylic acids is 3. The van der Waals surface area contributed by atoms with E-state index < -0.39 is 86.8 Å². The quantitative estimate of drug-likeness (QED) is 0.0340. The van der Waals surface area contributed by atoms with Gasteiger partial charge >= 0.3 is 17.9 Å². The Morgan fingerprint density at radius 2 is 0.790 bits per heavy atom. The molecule has 0 radical (unpaired) electrons. The first-order chi connectivity index (χ1) is 39.3. The molecule has 2 heterocycles. The average Bonchev–Trinajstić information content (AvgIpc) is 3.68. The molecule has 0 unspecified atom stereocenters. The average molecular weight is 1130 g/mol. The molecule has 10 atom stereocenters. The van der Waals surface area contributed by atoms with Crippen LogP contribution in [-0.4, -0.2) is 100.0 Å². The smallest absolute Gasteiger partial charge is 0.338 e. The van der Waals surface area contributed by atoms with Crippen LogP contribution in [0.25, 0.3) is 0 Å². The van der Waals surface area contributed by atoms with Crippen LogP contribution < -0.4 is 0 Å². The molecule has 2 aliphatic heterocycles. The van der Waals surface area contributed by atoms with E-state index in [0.29, 0.717) is 0 Å². The number of thioether (sulfide) groups is 1. The zero-order valence-corrected chi connectivity index (χ0v) is 48.0. The van der Waals surface area contributed by atoms with Gasteiger partial charge in [-0.3, -0.25) is 0 Å². The van der Waals surface area contributed by atoms with Crippen molar-refractivity contribution in [3.05, 3.63) is 246 Å². The molecular weight excluding hydrogens is 1060 g/mol. The van der Waals surface area contributed by atoms with Crippen LogP contribution in [-0.2, 0) is 66.9 Å². The monoisotopic (exact) mass is 1130 g/mol. The molecular formula is C66H70O13SSi. The van der Waals surface area contributed by atoms with Crippen molar-refractivity contribution in [1.82, 2.24) is 0 Å². The highest BCUT2D eigenvalue weighted by Gasteiger charge is 2.55. The van der Waals surface area contributed by atoms with Crippen molar-refractivity contribution in [2.75, 3.05) is 13.2 Å². The number of hydrogen-bond acceptors (Lipinski definition) is 14. The molecule has 13 nitrogen and oxygen atoms in total. The topological polar surface area (TPSA) is 144 Å². The summed E-state index contributed by atoms with van der Waals surface area (Å²) in [6.07, 6.45) is -10.0. The van der Waals surface area contributed by atoms with E-state index in [1.807, 2.05) is 121 Å². The summed E-state index contributed by atoms with van der Waals surface area (Å²) in [5.41, 5.74) is 2.39. The summed E-state index contributed by atoms with van der Waals surface area (Å²) < 4.78 is 68.8. The molecule has 2 saturated heterocycles. The lowest BCUT2D eigenvalue weighted by Gasteiger charge is -2.48. The molecule has 422 valence electrons. The maximum atomic E-state index is 14.5. The van der Waals surface area contributed by atoms with Crippen molar-refractivity contribution in [1.29, 1.82) is 0 Å².